The minimum atomic E-state index is -4.64. The Bertz CT molecular complexity index is 402. The first-order valence-corrected chi connectivity index (χ1v) is 6.16. The van der Waals surface area contributed by atoms with Crippen molar-refractivity contribution in [1.29, 1.82) is 5.39 Å². The van der Waals surface area contributed by atoms with E-state index in [2.05, 4.69) is 11.9 Å². The van der Waals surface area contributed by atoms with Gasteiger partial charge in [-0.1, -0.05) is 31.5 Å². The van der Waals surface area contributed by atoms with E-state index in [1.165, 1.54) is 0 Å². The van der Waals surface area contributed by atoms with Gasteiger partial charge in [-0.25, -0.2) is 4.57 Å². The Hall–Kier alpha value is -1.25. The fraction of sp³-hybridized carbons (Fsp3) is 0.333. The summed E-state index contributed by atoms with van der Waals surface area (Å²) in [6.07, 6.45) is 2.05. The lowest BCUT2D eigenvalue weighted by atomic mass is 10.1. The van der Waals surface area contributed by atoms with E-state index < -0.39 is 7.82 Å². The van der Waals surface area contributed by atoms with Crippen molar-refractivity contribution in [2.75, 3.05) is 0 Å². The van der Waals surface area contributed by atoms with Crippen LogP contribution in [0, 0.1) is 5.39 Å². The smallest absolute Gasteiger partial charge is 0.303 e. The van der Waals surface area contributed by atoms with Crippen molar-refractivity contribution in [3.05, 3.63) is 34.8 Å². The molecule has 0 aliphatic carbocycles. The molecule has 0 saturated heterocycles. The zero-order valence-corrected chi connectivity index (χ0v) is 9.71. The molecule has 0 spiro atoms. The van der Waals surface area contributed by atoms with Crippen molar-refractivity contribution in [3.8, 4) is 0 Å². The molecule has 1 aromatic carbocycles. The van der Waals surface area contributed by atoms with E-state index in [0.29, 0.717) is 5.69 Å². The van der Waals surface area contributed by atoms with Gasteiger partial charge in [0, 0.05) is 11.6 Å². The van der Waals surface area contributed by atoms with Crippen LogP contribution in [0.1, 0.15) is 18.9 Å². The second kappa shape index (κ2) is 7.09. The van der Waals surface area contributed by atoms with Gasteiger partial charge in [0.2, 0.25) is 5.39 Å². The van der Waals surface area contributed by atoms with E-state index in [-0.39, 0.29) is 0 Å². The number of phosphoric acid groups is 1. The molecule has 0 fully saturated rings. The van der Waals surface area contributed by atoms with E-state index in [4.69, 9.17) is 24.6 Å². The normalized spacial score (nSPS) is 9.94. The quantitative estimate of drug-likeness (QED) is 0.547. The third-order valence-electron chi connectivity index (χ3n) is 1.62. The average Bonchev–Trinajstić information content (AvgIpc) is 2.16. The van der Waals surface area contributed by atoms with Crippen LogP contribution in [-0.4, -0.2) is 14.7 Å². The Morgan fingerprint density at radius 2 is 1.81 bits per heavy atom. The van der Waals surface area contributed by atoms with Gasteiger partial charge < -0.3 is 14.7 Å². The monoisotopic (exact) mass is 245 g/mol. The Morgan fingerprint density at radius 3 is 2.25 bits per heavy atom. The number of rotatable bonds is 2. The van der Waals surface area contributed by atoms with E-state index in [1.807, 2.05) is 24.3 Å². The summed E-state index contributed by atoms with van der Waals surface area (Å²) in [7, 11) is -4.64. The molecule has 88 valence electrons. The Labute approximate surface area is 93.4 Å². The SMILES string of the molecule is CCCc1ccccc1[N+]#N.O=P(O)(O)O. The second-order valence-corrected chi connectivity index (χ2v) is 4.02. The molecule has 1 rings (SSSR count). The molecule has 0 radical (unpaired) electrons. The topological polar surface area (TPSA) is 106 Å². The Balaban J connectivity index is 0.000000385. The van der Waals surface area contributed by atoms with Crippen LogP contribution < -0.4 is 0 Å². The maximum absolute atomic E-state index is 8.88. The zero-order valence-electron chi connectivity index (χ0n) is 8.82. The summed E-state index contributed by atoms with van der Waals surface area (Å²) in [4.78, 5) is 24.8. The van der Waals surface area contributed by atoms with Crippen molar-refractivity contribution < 1.29 is 19.2 Å². The lowest BCUT2D eigenvalue weighted by molar-refractivity contribution is 0.275. The lowest BCUT2D eigenvalue weighted by Gasteiger charge is -1.91. The molecule has 0 heterocycles. The molecule has 0 amide bonds. The highest BCUT2D eigenvalue weighted by atomic mass is 31.2. The molecule has 0 bridgehead atoms. The van der Waals surface area contributed by atoms with E-state index in [1.54, 1.807) is 0 Å². The van der Waals surface area contributed by atoms with Crippen molar-refractivity contribution in [2.24, 2.45) is 0 Å². The predicted octanol–water partition coefficient (Wildman–Crippen LogP) is 2.20. The van der Waals surface area contributed by atoms with E-state index >= 15 is 0 Å². The van der Waals surface area contributed by atoms with Gasteiger partial charge in [-0.15, -0.1) is 0 Å². The van der Waals surface area contributed by atoms with Gasteiger partial charge in [-0.05, 0) is 6.42 Å². The number of diazo groups is 1. The van der Waals surface area contributed by atoms with Crippen molar-refractivity contribution in [3.63, 3.8) is 0 Å². The fourth-order valence-electron chi connectivity index (χ4n) is 1.09. The van der Waals surface area contributed by atoms with Gasteiger partial charge in [-0.2, -0.15) is 0 Å². The Morgan fingerprint density at radius 1 is 1.31 bits per heavy atom. The molecule has 6 nitrogen and oxygen atoms in total. The number of aryl methyl sites for hydroxylation is 1. The molecule has 0 aliphatic heterocycles. The Kier molecular flexibility index (Phi) is 6.54. The maximum atomic E-state index is 8.88. The van der Waals surface area contributed by atoms with Crippen LogP contribution in [0.15, 0.2) is 24.3 Å². The molecule has 0 aliphatic rings. The third-order valence-corrected chi connectivity index (χ3v) is 1.62. The molecule has 0 atom stereocenters. The number of hydrogen-bond donors (Lipinski definition) is 3. The standard InChI is InChI=1S/C9H11N2.H3O4P/c1-2-5-8-6-3-4-7-9(8)11-10;1-5(2,3)4/h3-4,6-7H,2,5H2,1H3;(H3,1,2,3,4)/q+1;. The highest BCUT2D eigenvalue weighted by Crippen LogP contribution is 2.25. The highest BCUT2D eigenvalue weighted by molar-refractivity contribution is 7.45. The molecular formula is C9H14N2O4P+. The zero-order chi connectivity index (χ0) is 12.6. The molecule has 0 saturated carbocycles. The summed E-state index contributed by atoms with van der Waals surface area (Å²) in [6, 6.07) is 7.62. The molecule has 0 unspecified atom stereocenters. The van der Waals surface area contributed by atoms with Gasteiger partial charge >= 0.3 is 13.5 Å². The summed E-state index contributed by atoms with van der Waals surface area (Å²) >= 11 is 0. The number of nitrogens with zero attached hydrogens (tertiary/aromatic N) is 2. The first-order chi connectivity index (χ1) is 7.38. The van der Waals surface area contributed by atoms with E-state index in [0.717, 1.165) is 18.4 Å². The summed E-state index contributed by atoms with van der Waals surface area (Å²) in [6.45, 7) is 2.11. The van der Waals surface area contributed by atoms with Gasteiger partial charge in [0.15, 0.2) is 4.98 Å². The number of benzene rings is 1. The molecular weight excluding hydrogens is 231 g/mol. The highest BCUT2D eigenvalue weighted by Gasteiger charge is 2.09. The lowest BCUT2D eigenvalue weighted by Crippen LogP contribution is -1.81. The van der Waals surface area contributed by atoms with Gasteiger partial charge in [0.25, 0.3) is 0 Å². The minimum absolute atomic E-state index is 0.689. The van der Waals surface area contributed by atoms with E-state index in [9.17, 15) is 0 Å². The number of hydrogen-bond acceptors (Lipinski definition) is 2. The summed E-state index contributed by atoms with van der Waals surface area (Å²) in [5.74, 6) is 0. The first kappa shape index (κ1) is 14.8. The fourth-order valence-corrected chi connectivity index (χ4v) is 1.09. The van der Waals surface area contributed by atoms with Crippen LogP contribution >= 0.6 is 7.82 Å². The summed E-state index contributed by atoms with van der Waals surface area (Å²) in [5.41, 5.74) is 1.80. The molecule has 3 N–H and O–H groups in total. The maximum Gasteiger partial charge on any atom is 0.466 e. The largest absolute Gasteiger partial charge is 0.466 e. The van der Waals surface area contributed by atoms with Crippen molar-refractivity contribution in [2.45, 2.75) is 19.8 Å². The van der Waals surface area contributed by atoms with Gasteiger partial charge in [-0.3, -0.25) is 0 Å². The molecule has 7 heteroatoms. The molecule has 0 aromatic heterocycles. The van der Waals surface area contributed by atoms with Crippen LogP contribution in [0.5, 0.6) is 0 Å². The van der Waals surface area contributed by atoms with Crippen LogP contribution in [0.2, 0.25) is 0 Å². The van der Waals surface area contributed by atoms with Crippen LogP contribution in [-0.2, 0) is 11.0 Å². The van der Waals surface area contributed by atoms with Crippen LogP contribution in [0.25, 0.3) is 4.98 Å². The molecule has 1 aromatic rings. The predicted molar refractivity (Wildman–Crippen MR) is 59.4 cm³/mol. The van der Waals surface area contributed by atoms with Gasteiger partial charge in [0.1, 0.15) is 0 Å². The summed E-state index contributed by atoms with van der Waals surface area (Å²) < 4.78 is 8.88. The van der Waals surface area contributed by atoms with Crippen LogP contribution in [0.4, 0.5) is 5.69 Å². The third kappa shape index (κ3) is 8.09. The molecule has 16 heavy (non-hydrogen) atoms. The van der Waals surface area contributed by atoms with Crippen molar-refractivity contribution in [1.82, 2.24) is 0 Å². The minimum Gasteiger partial charge on any atom is -0.303 e. The van der Waals surface area contributed by atoms with Crippen LogP contribution in [0.3, 0.4) is 0 Å². The second-order valence-electron chi connectivity index (χ2n) is 2.99. The van der Waals surface area contributed by atoms with Gasteiger partial charge in [0.05, 0.1) is 0 Å². The summed E-state index contributed by atoms with van der Waals surface area (Å²) in [5, 5.41) is 8.57. The average molecular weight is 245 g/mol. The first-order valence-electron chi connectivity index (χ1n) is 4.59. The van der Waals surface area contributed by atoms with Crippen molar-refractivity contribution >= 4 is 13.5 Å².